The van der Waals surface area contributed by atoms with Crippen molar-refractivity contribution in [3.8, 4) is 0 Å². The minimum atomic E-state index is -3.52. The SMILES string of the molecule is Cc1nc(Cl)sc1S(=O)(=O)N(C)CC1CCCCO1. The molecule has 1 aliphatic heterocycles. The first-order valence-corrected chi connectivity index (χ1v) is 8.75. The summed E-state index contributed by atoms with van der Waals surface area (Å²) >= 11 is 6.76. The second-order valence-corrected chi connectivity index (χ2v) is 8.44. The molecule has 19 heavy (non-hydrogen) atoms. The Labute approximate surface area is 122 Å². The molecule has 0 radical (unpaired) electrons. The minimum absolute atomic E-state index is 0.0165. The molecule has 1 saturated heterocycles. The van der Waals surface area contributed by atoms with Gasteiger partial charge < -0.3 is 4.74 Å². The Morgan fingerprint density at radius 3 is 2.79 bits per heavy atom. The van der Waals surface area contributed by atoms with E-state index in [4.69, 9.17) is 16.3 Å². The number of halogens is 1. The first-order chi connectivity index (χ1) is 8.91. The average molecular weight is 325 g/mol. The second kappa shape index (κ2) is 6.05. The molecule has 0 saturated carbocycles. The zero-order valence-electron chi connectivity index (χ0n) is 10.9. The van der Waals surface area contributed by atoms with E-state index in [2.05, 4.69) is 4.98 Å². The van der Waals surface area contributed by atoms with Crippen LogP contribution in [0.1, 0.15) is 25.0 Å². The van der Waals surface area contributed by atoms with Crippen LogP contribution >= 0.6 is 22.9 Å². The highest BCUT2D eigenvalue weighted by atomic mass is 35.5. The zero-order chi connectivity index (χ0) is 14.0. The topological polar surface area (TPSA) is 59.5 Å². The van der Waals surface area contributed by atoms with Gasteiger partial charge in [-0.05, 0) is 26.2 Å². The monoisotopic (exact) mass is 324 g/mol. The Morgan fingerprint density at radius 2 is 2.26 bits per heavy atom. The summed E-state index contributed by atoms with van der Waals surface area (Å²) in [5.74, 6) is 0. The Bertz CT molecular complexity index is 538. The summed E-state index contributed by atoms with van der Waals surface area (Å²) in [5, 5.41) is 0. The largest absolute Gasteiger partial charge is 0.377 e. The molecular weight excluding hydrogens is 308 g/mol. The summed E-state index contributed by atoms with van der Waals surface area (Å²) < 4.78 is 32.2. The van der Waals surface area contributed by atoms with Crippen LogP contribution in [0.3, 0.4) is 0 Å². The van der Waals surface area contributed by atoms with Gasteiger partial charge in [0.25, 0.3) is 10.0 Å². The lowest BCUT2D eigenvalue weighted by molar-refractivity contribution is 0.00860. The van der Waals surface area contributed by atoms with Crippen molar-refractivity contribution >= 4 is 33.0 Å². The summed E-state index contributed by atoms with van der Waals surface area (Å²) in [6.07, 6.45) is 3.03. The molecule has 108 valence electrons. The number of hydrogen-bond donors (Lipinski definition) is 0. The Kier molecular flexibility index (Phi) is 4.84. The molecule has 2 rings (SSSR count). The van der Waals surface area contributed by atoms with Crippen LogP contribution in [-0.2, 0) is 14.8 Å². The van der Waals surface area contributed by atoms with E-state index in [1.54, 1.807) is 14.0 Å². The van der Waals surface area contributed by atoms with Crippen LogP contribution in [0.2, 0.25) is 4.47 Å². The average Bonchev–Trinajstić information content (AvgIpc) is 2.70. The number of likely N-dealkylation sites (N-methyl/N-ethyl adjacent to an activating group) is 1. The summed E-state index contributed by atoms with van der Waals surface area (Å²) in [7, 11) is -1.95. The van der Waals surface area contributed by atoms with E-state index in [9.17, 15) is 8.42 Å². The molecule has 1 atom stereocenters. The van der Waals surface area contributed by atoms with Crippen LogP contribution in [0.4, 0.5) is 0 Å². The van der Waals surface area contributed by atoms with Crippen LogP contribution < -0.4 is 0 Å². The van der Waals surface area contributed by atoms with Gasteiger partial charge in [0.2, 0.25) is 0 Å². The number of sulfonamides is 1. The quantitative estimate of drug-likeness (QED) is 0.852. The van der Waals surface area contributed by atoms with E-state index in [1.807, 2.05) is 0 Å². The molecule has 1 fully saturated rings. The van der Waals surface area contributed by atoms with Gasteiger partial charge >= 0.3 is 0 Å². The zero-order valence-corrected chi connectivity index (χ0v) is 13.3. The lowest BCUT2D eigenvalue weighted by Crippen LogP contribution is -2.37. The molecule has 5 nitrogen and oxygen atoms in total. The molecule has 0 bridgehead atoms. The smallest absolute Gasteiger partial charge is 0.254 e. The van der Waals surface area contributed by atoms with E-state index < -0.39 is 10.0 Å². The Morgan fingerprint density at radius 1 is 1.53 bits per heavy atom. The predicted octanol–water partition coefficient (Wildman–Crippen LogP) is 2.29. The number of nitrogens with zero attached hydrogens (tertiary/aromatic N) is 2. The van der Waals surface area contributed by atoms with Crippen LogP contribution in [-0.4, -0.2) is 44.0 Å². The Hall–Kier alpha value is -0.210. The molecule has 0 aromatic carbocycles. The molecular formula is C11H17ClN2O3S2. The van der Waals surface area contributed by atoms with Crippen molar-refractivity contribution in [2.75, 3.05) is 20.2 Å². The van der Waals surface area contributed by atoms with Crippen LogP contribution in [0, 0.1) is 6.92 Å². The number of aromatic nitrogens is 1. The molecule has 0 aliphatic carbocycles. The van der Waals surface area contributed by atoms with Crippen molar-refractivity contribution in [1.82, 2.24) is 9.29 Å². The van der Waals surface area contributed by atoms with Gasteiger partial charge in [-0.1, -0.05) is 22.9 Å². The van der Waals surface area contributed by atoms with Crippen LogP contribution in [0.25, 0.3) is 0 Å². The fraction of sp³-hybridized carbons (Fsp3) is 0.727. The van der Waals surface area contributed by atoms with Gasteiger partial charge in [-0.3, -0.25) is 0 Å². The van der Waals surface area contributed by atoms with Gasteiger partial charge in [0.1, 0.15) is 0 Å². The fourth-order valence-electron chi connectivity index (χ4n) is 2.07. The molecule has 1 unspecified atom stereocenters. The highest BCUT2D eigenvalue weighted by molar-refractivity contribution is 7.91. The first kappa shape index (κ1) is 15.2. The maximum atomic E-state index is 12.4. The van der Waals surface area contributed by atoms with E-state index in [-0.39, 0.29) is 14.8 Å². The van der Waals surface area contributed by atoms with Crippen molar-refractivity contribution in [3.63, 3.8) is 0 Å². The summed E-state index contributed by atoms with van der Waals surface area (Å²) in [5.41, 5.74) is 0.450. The third kappa shape index (κ3) is 3.46. The summed E-state index contributed by atoms with van der Waals surface area (Å²) in [6, 6.07) is 0. The van der Waals surface area contributed by atoms with Crippen LogP contribution in [0.5, 0.6) is 0 Å². The van der Waals surface area contributed by atoms with Crippen LogP contribution in [0.15, 0.2) is 4.21 Å². The van der Waals surface area contributed by atoms with E-state index in [0.29, 0.717) is 18.8 Å². The number of hydrogen-bond acceptors (Lipinski definition) is 5. The van der Waals surface area contributed by atoms with E-state index >= 15 is 0 Å². The molecule has 1 aromatic rings. The number of rotatable bonds is 4. The minimum Gasteiger partial charge on any atom is -0.377 e. The van der Waals surface area contributed by atoms with Crippen molar-refractivity contribution in [3.05, 3.63) is 10.2 Å². The lowest BCUT2D eigenvalue weighted by atomic mass is 10.1. The third-order valence-electron chi connectivity index (χ3n) is 3.11. The van der Waals surface area contributed by atoms with Gasteiger partial charge in [-0.25, -0.2) is 13.4 Å². The molecule has 2 heterocycles. The number of ether oxygens (including phenoxy) is 1. The van der Waals surface area contributed by atoms with Crippen molar-refractivity contribution in [2.24, 2.45) is 0 Å². The molecule has 0 amide bonds. The Balaban J connectivity index is 2.12. The number of thiazole rings is 1. The molecule has 1 aromatic heterocycles. The molecule has 0 spiro atoms. The van der Waals surface area contributed by atoms with Crippen molar-refractivity contribution in [1.29, 1.82) is 0 Å². The maximum Gasteiger partial charge on any atom is 0.254 e. The number of aryl methyl sites for hydroxylation is 1. The van der Waals surface area contributed by atoms with E-state index in [0.717, 1.165) is 30.6 Å². The normalized spacial score (nSPS) is 20.9. The van der Waals surface area contributed by atoms with Gasteiger partial charge in [-0.15, -0.1) is 0 Å². The lowest BCUT2D eigenvalue weighted by Gasteiger charge is -2.26. The fourth-order valence-corrected chi connectivity index (χ4v) is 5.20. The van der Waals surface area contributed by atoms with Gasteiger partial charge in [-0.2, -0.15) is 4.31 Å². The van der Waals surface area contributed by atoms with Gasteiger partial charge in [0.15, 0.2) is 8.68 Å². The van der Waals surface area contributed by atoms with Crippen molar-refractivity contribution in [2.45, 2.75) is 36.5 Å². The highest BCUT2D eigenvalue weighted by Crippen LogP contribution is 2.29. The predicted molar refractivity (Wildman–Crippen MR) is 75.3 cm³/mol. The van der Waals surface area contributed by atoms with Gasteiger partial charge in [0.05, 0.1) is 11.8 Å². The molecule has 1 aliphatic rings. The standard InChI is InChI=1S/C11H17ClN2O3S2/c1-8-10(18-11(12)13-8)19(15,16)14(2)7-9-5-3-4-6-17-9/h9H,3-7H2,1-2H3. The highest BCUT2D eigenvalue weighted by Gasteiger charge is 2.29. The van der Waals surface area contributed by atoms with Crippen molar-refractivity contribution < 1.29 is 13.2 Å². The van der Waals surface area contributed by atoms with Gasteiger partial charge in [0, 0.05) is 20.2 Å². The first-order valence-electron chi connectivity index (χ1n) is 6.12. The summed E-state index contributed by atoms with van der Waals surface area (Å²) in [6.45, 7) is 2.74. The summed E-state index contributed by atoms with van der Waals surface area (Å²) in [4.78, 5) is 3.95. The molecule has 8 heteroatoms. The molecule has 0 N–H and O–H groups in total. The van der Waals surface area contributed by atoms with E-state index in [1.165, 1.54) is 4.31 Å². The third-order valence-corrected chi connectivity index (χ3v) is 6.78. The second-order valence-electron chi connectivity index (χ2n) is 4.61. The maximum absolute atomic E-state index is 12.4.